The van der Waals surface area contributed by atoms with Crippen molar-refractivity contribution in [3.63, 3.8) is 0 Å². The van der Waals surface area contributed by atoms with Crippen molar-refractivity contribution in [3.8, 4) is 0 Å². The zero-order valence-electron chi connectivity index (χ0n) is 10.9. The van der Waals surface area contributed by atoms with Crippen molar-refractivity contribution in [2.24, 2.45) is 0 Å². The molecule has 2 amide bonds. The average molecular weight is 269 g/mol. The summed E-state index contributed by atoms with van der Waals surface area (Å²) in [4.78, 5) is 26.7. The summed E-state index contributed by atoms with van der Waals surface area (Å²) in [6.07, 6.45) is 0.808. The molecule has 0 aromatic carbocycles. The predicted octanol–water partition coefficient (Wildman–Crippen LogP) is 1.24. The van der Waals surface area contributed by atoms with Crippen LogP contribution in [0.25, 0.3) is 0 Å². The monoisotopic (exact) mass is 269 g/mol. The molecule has 0 aliphatic rings. The number of hydrogen-bond donors (Lipinski definition) is 2. The number of carbonyl (C=O) groups excluding carboxylic acids is 2. The lowest BCUT2D eigenvalue weighted by Gasteiger charge is -2.20. The Morgan fingerprint density at radius 1 is 1.50 bits per heavy atom. The Balaban J connectivity index is 2.84. The second-order valence-electron chi connectivity index (χ2n) is 4.02. The van der Waals surface area contributed by atoms with Crippen molar-refractivity contribution in [1.82, 2.24) is 10.2 Å². The lowest BCUT2D eigenvalue weighted by Crippen LogP contribution is -2.39. The molecule has 0 aliphatic carbocycles. The van der Waals surface area contributed by atoms with Crippen LogP contribution in [0.4, 0.5) is 5.69 Å². The summed E-state index contributed by atoms with van der Waals surface area (Å²) in [6, 6.07) is 1.68. The minimum absolute atomic E-state index is 0.0834. The van der Waals surface area contributed by atoms with Crippen molar-refractivity contribution < 1.29 is 9.59 Å². The molecule has 3 N–H and O–H groups in total. The largest absolute Gasteiger partial charge is 0.398 e. The van der Waals surface area contributed by atoms with Gasteiger partial charge in [0.15, 0.2) is 0 Å². The molecule has 0 spiro atoms. The number of likely N-dealkylation sites (N-methyl/N-ethyl adjacent to an activating group) is 1. The molecular formula is C12H19N3O2S. The van der Waals surface area contributed by atoms with Gasteiger partial charge >= 0.3 is 0 Å². The van der Waals surface area contributed by atoms with Crippen LogP contribution in [0.5, 0.6) is 0 Å². The highest BCUT2D eigenvalue weighted by Crippen LogP contribution is 2.24. The Morgan fingerprint density at radius 2 is 2.17 bits per heavy atom. The van der Waals surface area contributed by atoms with Gasteiger partial charge < -0.3 is 16.0 Å². The molecule has 0 saturated heterocycles. The van der Waals surface area contributed by atoms with E-state index in [4.69, 9.17) is 5.73 Å². The Kier molecular flexibility index (Phi) is 5.15. The first-order valence-electron chi connectivity index (χ1n) is 5.85. The van der Waals surface area contributed by atoms with Crippen LogP contribution in [0.2, 0.25) is 0 Å². The van der Waals surface area contributed by atoms with Crippen molar-refractivity contribution in [2.75, 3.05) is 25.9 Å². The van der Waals surface area contributed by atoms with Crippen molar-refractivity contribution in [2.45, 2.75) is 20.3 Å². The van der Waals surface area contributed by atoms with Crippen LogP contribution >= 0.6 is 11.3 Å². The Labute approximate surface area is 111 Å². The van der Waals surface area contributed by atoms with E-state index in [0.717, 1.165) is 11.3 Å². The van der Waals surface area contributed by atoms with Crippen molar-refractivity contribution in [1.29, 1.82) is 0 Å². The number of nitrogens with two attached hydrogens (primary N) is 1. The number of rotatable bonds is 5. The number of aryl methyl sites for hydroxylation is 1. The number of carbonyl (C=O) groups is 2. The van der Waals surface area contributed by atoms with Crippen molar-refractivity contribution in [3.05, 3.63) is 15.8 Å². The summed E-state index contributed by atoms with van der Waals surface area (Å²) in [7, 11) is 1.56. The molecule has 0 fully saturated rings. The fraction of sp³-hybridized carbons (Fsp3) is 0.500. The highest BCUT2D eigenvalue weighted by Gasteiger charge is 2.19. The fourth-order valence-electron chi connectivity index (χ4n) is 1.53. The fourth-order valence-corrected chi connectivity index (χ4v) is 2.44. The molecule has 100 valence electrons. The van der Waals surface area contributed by atoms with E-state index in [1.807, 2.05) is 13.8 Å². The molecule has 5 nitrogen and oxygen atoms in total. The van der Waals surface area contributed by atoms with Gasteiger partial charge in [-0.1, -0.05) is 6.92 Å². The Morgan fingerprint density at radius 3 is 2.61 bits per heavy atom. The van der Waals surface area contributed by atoms with Crippen LogP contribution in [0.3, 0.4) is 0 Å². The highest BCUT2D eigenvalue weighted by atomic mass is 32.1. The molecule has 0 saturated carbocycles. The molecule has 0 bridgehead atoms. The first-order valence-corrected chi connectivity index (χ1v) is 6.67. The van der Waals surface area contributed by atoms with Crippen LogP contribution in [0.15, 0.2) is 6.07 Å². The van der Waals surface area contributed by atoms with Crippen LogP contribution in [0, 0.1) is 6.92 Å². The van der Waals surface area contributed by atoms with Gasteiger partial charge in [-0.15, -0.1) is 11.3 Å². The number of nitrogen functional groups attached to an aromatic ring is 1. The molecule has 1 aromatic rings. The Hall–Kier alpha value is -1.56. The van der Waals surface area contributed by atoms with E-state index in [2.05, 4.69) is 5.32 Å². The minimum Gasteiger partial charge on any atom is -0.398 e. The summed E-state index contributed by atoms with van der Waals surface area (Å²) in [5.74, 6) is -0.302. The zero-order chi connectivity index (χ0) is 13.7. The van der Waals surface area contributed by atoms with E-state index in [1.165, 1.54) is 11.3 Å². The van der Waals surface area contributed by atoms with E-state index < -0.39 is 0 Å². The molecule has 18 heavy (non-hydrogen) atoms. The number of thiophene rings is 1. The molecule has 1 aromatic heterocycles. The van der Waals surface area contributed by atoms with Gasteiger partial charge in [0.05, 0.1) is 11.4 Å². The van der Waals surface area contributed by atoms with E-state index in [0.29, 0.717) is 17.1 Å². The second kappa shape index (κ2) is 6.39. The van der Waals surface area contributed by atoms with E-state index in [9.17, 15) is 9.59 Å². The van der Waals surface area contributed by atoms with Crippen LogP contribution in [0.1, 0.15) is 27.9 Å². The van der Waals surface area contributed by atoms with E-state index in [-0.39, 0.29) is 18.4 Å². The molecule has 6 heteroatoms. The third-order valence-corrected chi connectivity index (χ3v) is 3.62. The van der Waals surface area contributed by atoms with Gasteiger partial charge in [0, 0.05) is 24.2 Å². The maximum Gasteiger partial charge on any atom is 0.264 e. The van der Waals surface area contributed by atoms with Gasteiger partial charge in [-0.2, -0.15) is 0 Å². The van der Waals surface area contributed by atoms with Gasteiger partial charge in [-0.25, -0.2) is 0 Å². The normalized spacial score (nSPS) is 10.2. The number of amides is 2. The lowest BCUT2D eigenvalue weighted by atomic mass is 10.3. The highest BCUT2D eigenvalue weighted by molar-refractivity contribution is 7.14. The van der Waals surface area contributed by atoms with Gasteiger partial charge in [-0.3, -0.25) is 9.59 Å². The molecule has 0 unspecified atom stereocenters. The summed E-state index contributed by atoms with van der Waals surface area (Å²) >= 11 is 1.36. The van der Waals surface area contributed by atoms with Gasteiger partial charge in [0.1, 0.15) is 0 Å². The molecule has 0 atom stereocenters. The summed E-state index contributed by atoms with van der Waals surface area (Å²) in [5, 5.41) is 2.52. The SMILES string of the molecule is CCCN(CC(=O)NC)C(=O)c1cc(N)c(C)s1. The molecular weight excluding hydrogens is 250 g/mol. The summed E-state index contributed by atoms with van der Waals surface area (Å²) < 4.78 is 0. The number of nitrogens with zero attached hydrogens (tertiary/aromatic N) is 1. The first-order chi connectivity index (χ1) is 8.49. The molecule has 0 aliphatic heterocycles. The second-order valence-corrected chi connectivity index (χ2v) is 5.28. The zero-order valence-corrected chi connectivity index (χ0v) is 11.8. The smallest absolute Gasteiger partial charge is 0.264 e. The lowest BCUT2D eigenvalue weighted by molar-refractivity contribution is -0.121. The minimum atomic E-state index is -0.168. The predicted molar refractivity (Wildman–Crippen MR) is 73.7 cm³/mol. The summed E-state index contributed by atoms with van der Waals surface area (Å²) in [6.45, 7) is 4.49. The maximum absolute atomic E-state index is 12.3. The average Bonchev–Trinajstić information content (AvgIpc) is 2.68. The van der Waals surface area contributed by atoms with E-state index >= 15 is 0 Å². The molecule has 1 heterocycles. The standard InChI is InChI=1S/C12H19N3O2S/c1-4-5-15(7-11(16)14-3)12(17)10-6-9(13)8(2)18-10/h6H,4-5,7,13H2,1-3H3,(H,14,16). The quantitative estimate of drug-likeness (QED) is 0.844. The van der Waals surface area contributed by atoms with E-state index in [1.54, 1.807) is 18.0 Å². The number of hydrogen-bond acceptors (Lipinski definition) is 4. The maximum atomic E-state index is 12.3. The van der Waals surface area contributed by atoms with Crippen molar-refractivity contribution >= 4 is 28.8 Å². The number of nitrogens with one attached hydrogen (secondary N) is 1. The van der Waals surface area contributed by atoms with Gasteiger partial charge in [0.2, 0.25) is 5.91 Å². The van der Waals surface area contributed by atoms with Crippen LogP contribution < -0.4 is 11.1 Å². The Bertz CT molecular complexity index is 423. The molecule has 1 rings (SSSR count). The van der Waals surface area contributed by atoms with Crippen LogP contribution in [-0.2, 0) is 4.79 Å². The molecule has 0 radical (unpaired) electrons. The van der Waals surface area contributed by atoms with Crippen LogP contribution in [-0.4, -0.2) is 36.9 Å². The van der Waals surface area contributed by atoms with Gasteiger partial charge in [-0.05, 0) is 19.4 Å². The summed E-state index contributed by atoms with van der Waals surface area (Å²) in [5.41, 5.74) is 6.37. The number of anilines is 1. The topological polar surface area (TPSA) is 75.4 Å². The van der Waals surface area contributed by atoms with Gasteiger partial charge in [0.25, 0.3) is 5.91 Å². The first kappa shape index (κ1) is 14.5. The third kappa shape index (κ3) is 3.46. The third-order valence-electron chi connectivity index (χ3n) is 2.56.